The summed E-state index contributed by atoms with van der Waals surface area (Å²) in [5, 5.41) is 6.89. The first kappa shape index (κ1) is 17.8. The second-order valence-corrected chi connectivity index (χ2v) is 8.21. The summed E-state index contributed by atoms with van der Waals surface area (Å²) >= 11 is 3.33. The highest BCUT2D eigenvalue weighted by Gasteiger charge is 2.27. The molecule has 0 saturated heterocycles. The van der Waals surface area contributed by atoms with Crippen molar-refractivity contribution in [3.05, 3.63) is 75.8 Å². The monoisotopic (exact) mass is 420 g/mol. The number of nitrogens with one attached hydrogen (secondary N) is 2. The normalized spacial score (nSPS) is 12.9. The number of aromatic amines is 1. The van der Waals surface area contributed by atoms with Gasteiger partial charge in [-0.2, -0.15) is 9.82 Å². The van der Waals surface area contributed by atoms with Crippen molar-refractivity contribution >= 4 is 26.0 Å². The molecule has 1 heterocycles. The van der Waals surface area contributed by atoms with Crippen LogP contribution in [0, 0.1) is 13.8 Å². The Balaban J connectivity index is 2.03. The summed E-state index contributed by atoms with van der Waals surface area (Å²) in [7, 11) is -3.78. The van der Waals surface area contributed by atoms with Gasteiger partial charge in [-0.25, -0.2) is 13.4 Å². The molecule has 6 nitrogen and oxygen atoms in total. The number of benzene rings is 2. The van der Waals surface area contributed by atoms with Gasteiger partial charge in [-0.05, 0) is 53.0 Å². The van der Waals surface area contributed by atoms with E-state index in [1.807, 2.05) is 37.3 Å². The zero-order valence-corrected chi connectivity index (χ0v) is 16.1. The number of hydrogen-bond acceptors (Lipinski definition) is 4. The molecule has 0 aliphatic carbocycles. The van der Waals surface area contributed by atoms with Crippen LogP contribution in [-0.2, 0) is 10.0 Å². The Bertz CT molecular complexity index is 987. The molecule has 25 heavy (non-hydrogen) atoms. The maximum absolute atomic E-state index is 12.9. The molecule has 8 heteroatoms. The van der Waals surface area contributed by atoms with Gasteiger partial charge in [0.2, 0.25) is 10.0 Å². The zero-order chi connectivity index (χ0) is 18.0. The average Bonchev–Trinajstić information content (AvgIpc) is 2.99. The van der Waals surface area contributed by atoms with Crippen molar-refractivity contribution in [2.24, 2.45) is 0 Å². The Hall–Kier alpha value is -2.03. The molecule has 3 aromatic rings. The van der Waals surface area contributed by atoms with Gasteiger partial charge < -0.3 is 0 Å². The number of H-pyrrole nitrogens is 1. The van der Waals surface area contributed by atoms with Crippen LogP contribution >= 0.6 is 15.9 Å². The van der Waals surface area contributed by atoms with Gasteiger partial charge in [0.1, 0.15) is 11.9 Å². The number of hydrogen-bond donors (Lipinski definition) is 2. The van der Waals surface area contributed by atoms with Crippen LogP contribution in [0.3, 0.4) is 0 Å². The molecule has 3 rings (SSSR count). The summed E-state index contributed by atoms with van der Waals surface area (Å²) in [5.74, 6) is 0.988. The highest BCUT2D eigenvalue weighted by Crippen LogP contribution is 2.26. The summed E-state index contributed by atoms with van der Waals surface area (Å²) in [5.41, 5.74) is 1.73. The topological polar surface area (TPSA) is 87.7 Å². The summed E-state index contributed by atoms with van der Waals surface area (Å²) in [6.45, 7) is 3.67. The van der Waals surface area contributed by atoms with E-state index in [4.69, 9.17) is 0 Å². The van der Waals surface area contributed by atoms with Crippen LogP contribution in [0.4, 0.5) is 0 Å². The number of nitrogens with zero attached hydrogens (tertiary/aromatic N) is 2. The van der Waals surface area contributed by atoms with Gasteiger partial charge in [-0.1, -0.05) is 36.4 Å². The first-order chi connectivity index (χ1) is 11.9. The van der Waals surface area contributed by atoms with Crippen LogP contribution in [0.15, 0.2) is 57.9 Å². The molecule has 0 amide bonds. The minimum atomic E-state index is -3.78. The van der Waals surface area contributed by atoms with Crippen LogP contribution in [0.1, 0.15) is 28.8 Å². The fourth-order valence-corrected chi connectivity index (χ4v) is 4.82. The van der Waals surface area contributed by atoms with Crippen LogP contribution in [-0.4, -0.2) is 23.6 Å². The Kier molecular flexibility index (Phi) is 5.03. The van der Waals surface area contributed by atoms with Crippen LogP contribution in [0.5, 0.6) is 0 Å². The smallest absolute Gasteiger partial charge is 0.242 e. The first-order valence-corrected chi connectivity index (χ1v) is 9.87. The number of rotatable bonds is 5. The van der Waals surface area contributed by atoms with Crippen molar-refractivity contribution in [3.63, 3.8) is 0 Å². The highest BCUT2D eigenvalue weighted by molar-refractivity contribution is 9.10. The molecule has 0 bridgehead atoms. The molecular weight excluding hydrogens is 404 g/mol. The molecule has 0 spiro atoms. The minimum Gasteiger partial charge on any atom is -0.263 e. The Morgan fingerprint density at radius 1 is 1.12 bits per heavy atom. The van der Waals surface area contributed by atoms with Gasteiger partial charge in [-0.15, -0.1) is 0 Å². The number of sulfonamides is 1. The largest absolute Gasteiger partial charge is 0.263 e. The van der Waals surface area contributed by atoms with Gasteiger partial charge in [-0.3, -0.25) is 5.10 Å². The minimum absolute atomic E-state index is 0.172. The van der Waals surface area contributed by atoms with E-state index < -0.39 is 16.1 Å². The first-order valence-electron chi connectivity index (χ1n) is 7.59. The Morgan fingerprint density at radius 2 is 1.84 bits per heavy atom. The van der Waals surface area contributed by atoms with E-state index in [9.17, 15) is 8.42 Å². The van der Waals surface area contributed by atoms with E-state index in [0.717, 1.165) is 11.1 Å². The third-order valence-corrected chi connectivity index (χ3v) is 6.06. The lowest BCUT2D eigenvalue weighted by Gasteiger charge is -2.17. The lowest BCUT2D eigenvalue weighted by Crippen LogP contribution is -2.30. The molecule has 2 N–H and O–H groups in total. The summed E-state index contributed by atoms with van der Waals surface area (Å²) in [4.78, 5) is 4.47. The lowest BCUT2D eigenvalue weighted by atomic mass is 10.1. The fraction of sp³-hybridized carbons (Fsp3) is 0.176. The van der Waals surface area contributed by atoms with E-state index in [0.29, 0.717) is 16.1 Å². The number of aryl methyl sites for hydroxylation is 2. The van der Waals surface area contributed by atoms with E-state index in [1.165, 1.54) is 0 Å². The average molecular weight is 421 g/mol. The van der Waals surface area contributed by atoms with Gasteiger partial charge >= 0.3 is 0 Å². The second kappa shape index (κ2) is 7.07. The third-order valence-electron chi connectivity index (χ3n) is 3.66. The number of aromatic nitrogens is 3. The molecule has 2 aromatic carbocycles. The van der Waals surface area contributed by atoms with E-state index in [1.54, 1.807) is 25.1 Å². The van der Waals surface area contributed by atoms with E-state index in [-0.39, 0.29) is 4.90 Å². The molecule has 1 aromatic heterocycles. The van der Waals surface area contributed by atoms with Gasteiger partial charge in [0.05, 0.1) is 4.90 Å². The molecule has 0 radical (unpaired) electrons. The predicted octanol–water partition coefficient (Wildman–Crippen LogP) is 3.25. The standard InChI is InChI=1S/C17H17BrN4O2S/c1-11-8-9-15(14(18)10-11)25(23,24)22-16(13-6-4-3-5-7-13)17-19-12(2)20-21-17/h3-10,16,22H,1-2H3,(H,19,20,21). The van der Waals surface area contributed by atoms with Crippen molar-refractivity contribution in [2.75, 3.05) is 0 Å². The molecule has 130 valence electrons. The second-order valence-electron chi connectivity index (χ2n) is 5.68. The lowest BCUT2D eigenvalue weighted by molar-refractivity contribution is 0.567. The van der Waals surface area contributed by atoms with Crippen LogP contribution in [0.2, 0.25) is 0 Å². The highest BCUT2D eigenvalue weighted by atomic mass is 79.9. The van der Waals surface area contributed by atoms with Gasteiger partial charge in [0.25, 0.3) is 0 Å². The maximum Gasteiger partial charge on any atom is 0.242 e. The molecule has 0 aliphatic rings. The summed E-state index contributed by atoms with van der Waals surface area (Å²) < 4.78 is 29.1. The SMILES string of the molecule is Cc1ccc(S(=O)(=O)NC(c2ccccc2)c2n[nH]c(C)n2)c(Br)c1. The van der Waals surface area contributed by atoms with Crippen LogP contribution < -0.4 is 4.72 Å². The molecule has 1 atom stereocenters. The summed E-state index contributed by atoms with van der Waals surface area (Å²) in [6, 6.07) is 13.6. The molecule has 1 unspecified atom stereocenters. The van der Waals surface area contributed by atoms with Gasteiger partial charge in [0, 0.05) is 4.47 Å². The fourth-order valence-electron chi connectivity index (χ4n) is 2.45. The van der Waals surface area contributed by atoms with Gasteiger partial charge in [0.15, 0.2) is 5.82 Å². The molecule has 0 aliphatic heterocycles. The third kappa shape index (κ3) is 3.97. The summed E-state index contributed by atoms with van der Waals surface area (Å²) in [6.07, 6.45) is 0. The maximum atomic E-state index is 12.9. The van der Waals surface area contributed by atoms with E-state index in [2.05, 4.69) is 35.8 Å². The van der Waals surface area contributed by atoms with Crippen molar-refractivity contribution < 1.29 is 8.42 Å². The molecule has 0 saturated carbocycles. The molecule has 0 fully saturated rings. The van der Waals surface area contributed by atoms with Crippen molar-refractivity contribution in [3.8, 4) is 0 Å². The quantitative estimate of drug-likeness (QED) is 0.662. The molecular formula is C17H17BrN4O2S. The van der Waals surface area contributed by atoms with Crippen molar-refractivity contribution in [1.29, 1.82) is 0 Å². The Labute approximate surface area is 154 Å². The Morgan fingerprint density at radius 3 is 2.44 bits per heavy atom. The van der Waals surface area contributed by atoms with Crippen LogP contribution in [0.25, 0.3) is 0 Å². The van der Waals surface area contributed by atoms with Crippen molar-refractivity contribution in [1.82, 2.24) is 19.9 Å². The number of halogens is 1. The van der Waals surface area contributed by atoms with Crippen molar-refractivity contribution in [2.45, 2.75) is 24.8 Å². The predicted molar refractivity (Wildman–Crippen MR) is 98.6 cm³/mol. The zero-order valence-electron chi connectivity index (χ0n) is 13.7. The van der Waals surface area contributed by atoms with E-state index >= 15 is 0 Å².